The second kappa shape index (κ2) is 24.7. The average Bonchev–Trinajstić information content (AvgIpc) is 1.49. The molecule has 100 heavy (non-hydrogen) atoms. The van der Waals surface area contributed by atoms with Gasteiger partial charge in [-0.3, -0.25) is 0 Å². The van der Waals surface area contributed by atoms with E-state index < -0.39 is 0 Å². The molecule has 0 atom stereocenters. The van der Waals surface area contributed by atoms with Crippen LogP contribution in [-0.2, 0) is 0 Å². The Kier molecular flexibility index (Phi) is 14.5. The van der Waals surface area contributed by atoms with Gasteiger partial charge in [-0.1, -0.05) is 285 Å². The van der Waals surface area contributed by atoms with Gasteiger partial charge in [-0.15, -0.1) is 22.7 Å². The lowest BCUT2D eigenvalue weighted by molar-refractivity contribution is 1.18. The second-order valence-corrected chi connectivity index (χ2v) is 27.3. The molecule has 8 heteroatoms. The third kappa shape index (κ3) is 10.5. The zero-order valence-electron chi connectivity index (χ0n) is 53.8. The molecule has 0 amide bonds. The maximum atomic E-state index is 5.55. The van der Waals surface area contributed by atoms with Gasteiger partial charge in [0.2, 0.25) is 0 Å². The van der Waals surface area contributed by atoms with Gasteiger partial charge in [0.25, 0.3) is 0 Å². The van der Waals surface area contributed by atoms with E-state index in [0.717, 1.165) is 100 Å². The lowest BCUT2D eigenvalue weighted by Gasteiger charge is -2.14. The molecule has 0 N–H and O–H groups in total. The van der Waals surface area contributed by atoms with Crippen molar-refractivity contribution in [2.24, 2.45) is 0 Å². The summed E-state index contributed by atoms with van der Waals surface area (Å²) in [6.45, 7) is 0. The van der Waals surface area contributed by atoms with Crippen LogP contribution < -0.4 is 0 Å². The number of thiophene rings is 2. The molecule has 0 bridgehead atoms. The Morgan fingerprint density at radius 1 is 0.200 bits per heavy atom. The fourth-order valence-electron chi connectivity index (χ4n) is 14.3. The summed E-state index contributed by atoms with van der Waals surface area (Å²) in [6, 6.07) is 120. The highest BCUT2D eigenvalue weighted by Crippen LogP contribution is 2.48. The molecule has 0 unspecified atom stereocenters. The first-order chi connectivity index (χ1) is 49.5. The van der Waals surface area contributed by atoms with Crippen LogP contribution in [0.25, 0.3) is 196 Å². The largest absolute Gasteiger partial charge is 0.247 e. The third-order valence-corrected chi connectivity index (χ3v) is 21.5. The standard InChI is InChI=1S/C47H29N3S.C45H27N3S/c1-3-13-32(14-4-1)41-29-42(33-15-5-2-6-16-33)50-47(49-41)35-26-27-40-39(28-35)46-44(38-19-9-10-21-43(38)51-46)45(48-40)34-24-22-31(23-25-34)37-20-11-17-30-12-7-8-18-36(30)37;1-3-13-28(14-4-1)38-27-39(29-15-5-2-6-16-29)48-45(47-38)31-23-24-35-40(26-31)46-43(42-36-21-11-12-22-41(36)49-44(35)42)37-25-30-17-7-8-18-32(30)33-19-9-10-20-34(33)37/h1-29H;1-27H. The van der Waals surface area contributed by atoms with Gasteiger partial charge in [-0.25, -0.2) is 29.9 Å². The topological polar surface area (TPSA) is 77.3 Å². The van der Waals surface area contributed by atoms with Crippen LogP contribution in [-0.4, -0.2) is 29.9 Å². The van der Waals surface area contributed by atoms with Crippen molar-refractivity contribution in [2.75, 3.05) is 0 Å². The highest BCUT2D eigenvalue weighted by Gasteiger charge is 2.23. The molecule has 14 aromatic carbocycles. The predicted molar refractivity (Wildman–Crippen MR) is 422 cm³/mol. The summed E-state index contributed by atoms with van der Waals surface area (Å²) in [5.41, 5.74) is 18.3. The summed E-state index contributed by atoms with van der Waals surface area (Å²) in [7, 11) is 0. The summed E-state index contributed by atoms with van der Waals surface area (Å²) < 4.78 is 4.97. The van der Waals surface area contributed by atoms with Gasteiger partial charge >= 0.3 is 0 Å². The number of aromatic nitrogens is 6. The quantitative estimate of drug-likeness (QED) is 0.134. The van der Waals surface area contributed by atoms with Crippen LogP contribution >= 0.6 is 22.7 Å². The first-order valence-electron chi connectivity index (χ1n) is 33.6. The van der Waals surface area contributed by atoms with Crippen molar-refractivity contribution >= 4 is 117 Å². The fourth-order valence-corrected chi connectivity index (χ4v) is 16.8. The monoisotopic (exact) mass is 1310 g/mol. The molecule has 0 radical (unpaired) electrons. The number of hydrogen-bond donors (Lipinski definition) is 0. The zero-order chi connectivity index (χ0) is 66.0. The number of pyridine rings is 2. The SMILES string of the molecule is c1ccc(-c2cc(-c3ccccc3)nc(-c3ccc4c(c3)nc(-c3cc5ccccc5c5ccccc35)c3c5ccccc5sc43)n2)cc1.c1ccc(-c2cc(-c3ccccc3)nc(-c3ccc4nc(-c5ccc(-c6cccc7ccccc67)cc5)c5c6ccccc6sc5c4c3)n2)cc1. The van der Waals surface area contributed by atoms with Gasteiger partial charge in [0, 0.05) is 95.6 Å². The van der Waals surface area contributed by atoms with Gasteiger partial charge in [0.05, 0.1) is 45.2 Å². The zero-order valence-corrected chi connectivity index (χ0v) is 55.5. The average molecular weight is 1310 g/mol. The lowest BCUT2D eigenvalue weighted by Crippen LogP contribution is -1.96. The normalized spacial score (nSPS) is 11.6. The molecule has 6 aromatic heterocycles. The minimum Gasteiger partial charge on any atom is -0.247 e. The molecule has 0 aliphatic carbocycles. The summed E-state index contributed by atoms with van der Waals surface area (Å²) in [4.78, 5) is 31.4. The van der Waals surface area contributed by atoms with Crippen LogP contribution in [0.1, 0.15) is 0 Å². The van der Waals surface area contributed by atoms with E-state index in [0.29, 0.717) is 11.6 Å². The van der Waals surface area contributed by atoms with Crippen molar-refractivity contribution in [1.29, 1.82) is 0 Å². The Labute approximate surface area is 584 Å². The van der Waals surface area contributed by atoms with Crippen LogP contribution in [0, 0.1) is 0 Å². The van der Waals surface area contributed by atoms with Crippen molar-refractivity contribution < 1.29 is 0 Å². The molecule has 0 saturated carbocycles. The third-order valence-electron chi connectivity index (χ3n) is 19.1. The number of hydrogen-bond acceptors (Lipinski definition) is 8. The maximum absolute atomic E-state index is 5.55. The molecule has 20 rings (SSSR count). The highest BCUT2D eigenvalue weighted by atomic mass is 32.1. The molecule has 20 aromatic rings. The molecule has 0 saturated heterocycles. The Morgan fingerprint density at radius 2 is 0.620 bits per heavy atom. The number of benzene rings is 14. The van der Waals surface area contributed by atoms with E-state index in [1.54, 1.807) is 0 Å². The van der Waals surface area contributed by atoms with Gasteiger partial charge in [0.15, 0.2) is 11.6 Å². The van der Waals surface area contributed by atoms with Crippen molar-refractivity contribution in [3.8, 4) is 101 Å². The van der Waals surface area contributed by atoms with E-state index in [9.17, 15) is 0 Å². The Balaban J connectivity index is 0.000000139. The molecular weight excluding hydrogens is 1250 g/mol. The summed E-state index contributed by atoms with van der Waals surface area (Å²) in [6.07, 6.45) is 0. The van der Waals surface area contributed by atoms with Crippen LogP contribution in [0.4, 0.5) is 0 Å². The lowest BCUT2D eigenvalue weighted by atomic mass is 9.93. The molecule has 0 aliphatic heterocycles. The maximum Gasteiger partial charge on any atom is 0.160 e. The number of fused-ring (bicyclic) bond motifs is 14. The van der Waals surface area contributed by atoms with Crippen LogP contribution in [0.5, 0.6) is 0 Å². The minimum atomic E-state index is 0.679. The van der Waals surface area contributed by atoms with Crippen LogP contribution in [0.15, 0.2) is 340 Å². The van der Waals surface area contributed by atoms with E-state index in [4.69, 9.17) is 29.9 Å². The first-order valence-corrected chi connectivity index (χ1v) is 35.2. The molecule has 0 fully saturated rings. The molecule has 6 heterocycles. The smallest absolute Gasteiger partial charge is 0.160 e. The van der Waals surface area contributed by atoms with Gasteiger partial charge in [0.1, 0.15) is 0 Å². The summed E-state index contributed by atoms with van der Waals surface area (Å²) in [5, 5.41) is 14.5. The van der Waals surface area contributed by atoms with Gasteiger partial charge in [-0.05, 0) is 98.0 Å². The number of rotatable bonds is 9. The van der Waals surface area contributed by atoms with E-state index in [2.05, 4.69) is 267 Å². The Morgan fingerprint density at radius 3 is 1.20 bits per heavy atom. The van der Waals surface area contributed by atoms with Crippen molar-refractivity contribution in [1.82, 2.24) is 29.9 Å². The Bertz CT molecular complexity index is 6450. The van der Waals surface area contributed by atoms with Crippen molar-refractivity contribution in [3.63, 3.8) is 0 Å². The number of nitrogens with zero attached hydrogens (tertiary/aromatic N) is 6. The van der Waals surface area contributed by atoms with Gasteiger partial charge in [-0.2, -0.15) is 0 Å². The second-order valence-electron chi connectivity index (χ2n) is 25.2. The molecule has 0 spiro atoms. The summed E-state index contributed by atoms with van der Waals surface area (Å²) >= 11 is 3.66. The van der Waals surface area contributed by atoms with Crippen LogP contribution in [0.3, 0.4) is 0 Å². The summed E-state index contributed by atoms with van der Waals surface area (Å²) in [5.74, 6) is 1.37. The van der Waals surface area contributed by atoms with E-state index in [1.165, 1.54) is 83.8 Å². The van der Waals surface area contributed by atoms with E-state index in [-0.39, 0.29) is 0 Å². The van der Waals surface area contributed by atoms with E-state index >= 15 is 0 Å². The van der Waals surface area contributed by atoms with Crippen LogP contribution in [0.2, 0.25) is 0 Å². The predicted octanol–water partition coefficient (Wildman–Crippen LogP) is 25.2. The Hall–Kier alpha value is -12.7. The van der Waals surface area contributed by atoms with Crippen molar-refractivity contribution in [2.45, 2.75) is 0 Å². The fraction of sp³-hybridized carbons (Fsp3) is 0. The highest BCUT2D eigenvalue weighted by molar-refractivity contribution is 7.27. The molecule has 0 aliphatic rings. The van der Waals surface area contributed by atoms with Gasteiger partial charge < -0.3 is 0 Å². The molecule has 6 nitrogen and oxygen atoms in total. The molecule has 466 valence electrons. The van der Waals surface area contributed by atoms with Crippen molar-refractivity contribution in [3.05, 3.63) is 340 Å². The van der Waals surface area contributed by atoms with E-state index in [1.807, 2.05) is 95.5 Å². The first kappa shape index (κ1) is 58.6. The molecular formula is C92H56N6S2. The minimum absolute atomic E-state index is 0.679.